The van der Waals surface area contributed by atoms with Crippen LogP contribution in [0.2, 0.25) is 0 Å². The molecule has 2 unspecified atom stereocenters. The smallest absolute Gasteiger partial charge is 0.270 e. The summed E-state index contributed by atoms with van der Waals surface area (Å²) in [5, 5.41) is 18.8. The number of aromatic hydroxyl groups is 1. The highest BCUT2D eigenvalue weighted by atomic mass is 16.5. The number of fused-ring (bicyclic) bond motifs is 1. The number of aromatic amines is 2. The maximum Gasteiger partial charge on any atom is 0.270 e. The first kappa shape index (κ1) is 21.7. The van der Waals surface area contributed by atoms with Crippen molar-refractivity contribution in [1.82, 2.24) is 10.2 Å². The van der Waals surface area contributed by atoms with Gasteiger partial charge in [-0.1, -0.05) is 12.1 Å². The average molecular weight is 463 g/mol. The Hall–Kier alpha value is -4.14. The first-order chi connectivity index (χ1) is 16.4. The van der Waals surface area contributed by atoms with E-state index < -0.39 is 5.92 Å². The van der Waals surface area contributed by atoms with Crippen LogP contribution in [0.3, 0.4) is 0 Å². The summed E-state index contributed by atoms with van der Waals surface area (Å²) in [6.07, 6.45) is 0.869. The van der Waals surface area contributed by atoms with Crippen molar-refractivity contribution < 1.29 is 24.1 Å². The molecule has 2 aliphatic rings. The quantitative estimate of drug-likeness (QED) is 0.457. The van der Waals surface area contributed by atoms with Crippen molar-refractivity contribution in [2.24, 2.45) is 0 Å². The number of H-pyrrole nitrogens is 2. The van der Waals surface area contributed by atoms with Crippen molar-refractivity contribution in [2.75, 3.05) is 26.6 Å². The molecule has 9 nitrogen and oxygen atoms in total. The van der Waals surface area contributed by atoms with Crippen molar-refractivity contribution in [3.05, 3.63) is 74.7 Å². The van der Waals surface area contributed by atoms with Crippen molar-refractivity contribution in [1.29, 1.82) is 0 Å². The molecule has 2 heterocycles. The van der Waals surface area contributed by atoms with Gasteiger partial charge in [0.05, 0.1) is 26.9 Å². The normalized spacial score (nSPS) is 19.2. The number of allylic oxidation sites excluding steroid dienone is 2. The van der Waals surface area contributed by atoms with Crippen LogP contribution < -0.4 is 25.1 Å². The van der Waals surface area contributed by atoms with Gasteiger partial charge >= 0.3 is 0 Å². The number of phenols is 1. The number of ketones is 1. The second-order valence-electron chi connectivity index (χ2n) is 8.39. The Kier molecular flexibility index (Phi) is 5.31. The van der Waals surface area contributed by atoms with Crippen LogP contribution in [-0.4, -0.2) is 42.4 Å². The van der Waals surface area contributed by atoms with Gasteiger partial charge in [0, 0.05) is 23.6 Å². The maximum absolute atomic E-state index is 13.6. The van der Waals surface area contributed by atoms with Crippen LogP contribution in [0.4, 0.5) is 5.82 Å². The minimum atomic E-state index is -0.588. The Balaban J connectivity index is 1.60. The molecule has 0 saturated heterocycles. The molecular formula is C25H25N3O6. The number of hydrogen-bond donors (Lipinski definition) is 4. The Morgan fingerprint density at radius 1 is 0.853 bits per heavy atom. The van der Waals surface area contributed by atoms with Gasteiger partial charge in [0.1, 0.15) is 5.82 Å². The number of ether oxygens (including phenoxy) is 3. The van der Waals surface area contributed by atoms with Gasteiger partial charge in [0.15, 0.2) is 28.8 Å². The van der Waals surface area contributed by atoms with Crippen molar-refractivity contribution in [3.63, 3.8) is 0 Å². The van der Waals surface area contributed by atoms with E-state index in [1.165, 1.54) is 13.2 Å². The number of Topliss-reactive ketones (excluding diaryl/α,β-unsaturated/α-hetero) is 1. The van der Waals surface area contributed by atoms with Gasteiger partial charge in [-0.3, -0.25) is 19.8 Å². The largest absolute Gasteiger partial charge is 0.504 e. The number of carbonyl (C=O) groups is 1. The molecule has 0 amide bonds. The lowest BCUT2D eigenvalue weighted by molar-refractivity contribution is -0.116. The number of rotatable bonds is 5. The van der Waals surface area contributed by atoms with Crippen LogP contribution in [-0.2, 0) is 4.79 Å². The fraction of sp³-hybridized carbons (Fsp3) is 0.280. The summed E-state index contributed by atoms with van der Waals surface area (Å²) < 4.78 is 16.1. The monoisotopic (exact) mass is 463 g/mol. The maximum atomic E-state index is 13.6. The molecule has 2 aromatic carbocycles. The van der Waals surface area contributed by atoms with Crippen LogP contribution in [0.25, 0.3) is 0 Å². The second-order valence-corrected chi connectivity index (χ2v) is 8.39. The highest BCUT2D eigenvalue weighted by Crippen LogP contribution is 2.48. The van der Waals surface area contributed by atoms with E-state index >= 15 is 0 Å². The average Bonchev–Trinajstić information content (AvgIpc) is 3.22. The summed E-state index contributed by atoms with van der Waals surface area (Å²) in [4.78, 5) is 26.3. The van der Waals surface area contributed by atoms with Gasteiger partial charge in [-0.25, -0.2) is 0 Å². The molecule has 3 aromatic rings. The summed E-state index contributed by atoms with van der Waals surface area (Å²) in [5.41, 5.74) is 3.10. The molecular weight excluding hydrogens is 438 g/mol. The molecule has 5 rings (SSSR count). The molecule has 4 N–H and O–H groups in total. The predicted octanol–water partition coefficient (Wildman–Crippen LogP) is 3.39. The lowest BCUT2D eigenvalue weighted by atomic mass is 9.72. The molecule has 34 heavy (non-hydrogen) atoms. The number of benzene rings is 2. The third-order valence-corrected chi connectivity index (χ3v) is 6.59. The Bertz CT molecular complexity index is 1370. The van der Waals surface area contributed by atoms with E-state index in [9.17, 15) is 14.7 Å². The van der Waals surface area contributed by atoms with E-state index in [2.05, 4.69) is 15.5 Å². The summed E-state index contributed by atoms with van der Waals surface area (Å²) in [6, 6.07) is 10.6. The zero-order chi connectivity index (χ0) is 24.0. The molecule has 1 aliphatic heterocycles. The number of hydrogen-bond acceptors (Lipinski definition) is 7. The van der Waals surface area contributed by atoms with E-state index in [0.717, 1.165) is 11.3 Å². The van der Waals surface area contributed by atoms with Crippen LogP contribution in [0.15, 0.2) is 52.5 Å². The summed E-state index contributed by atoms with van der Waals surface area (Å²) >= 11 is 0. The standard InChI is InChI=1S/C25H25N3O6/c1-32-18-7-5-12(10-20(18)34-3)14-8-15-22(17(30)9-14)21(23-24(26-15)27-28-25(23)31)13-4-6-16(29)19(11-13)33-2/h4-7,10-11,14,21,29H,8-9H2,1-3H3,(H3,26,27,28,31). The molecule has 2 atom stereocenters. The number of phenolic OH excluding ortho intramolecular Hbond substituents is 1. The van der Waals surface area contributed by atoms with E-state index in [1.54, 1.807) is 26.4 Å². The number of anilines is 1. The molecule has 0 spiro atoms. The summed E-state index contributed by atoms with van der Waals surface area (Å²) in [7, 11) is 4.62. The van der Waals surface area contributed by atoms with Crippen LogP contribution >= 0.6 is 0 Å². The van der Waals surface area contributed by atoms with Gasteiger partial charge in [0.25, 0.3) is 5.56 Å². The molecule has 0 fully saturated rings. The van der Waals surface area contributed by atoms with E-state index in [4.69, 9.17) is 14.2 Å². The fourth-order valence-corrected chi connectivity index (χ4v) is 4.97. The van der Waals surface area contributed by atoms with Gasteiger partial charge in [-0.2, -0.15) is 0 Å². The summed E-state index contributed by atoms with van der Waals surface area (Å²) in [6.45, 7) is 0. The van der Waals surface area contributed by atoms with Crippen molar-refractivity contribution >= 4 is 11.6 Å². The van der Waals surface area contributed by atoms with Gasteiger partial charge in [-0.15, -0.1) is 0 Å². The first-order valence-electron chi connectivity index (χ1n) is 10.9. The first-order valence-corrected chi connectivity index (χ1v) is 10.9. The highest BCUT2D eigenvalue weighted by Gasteiger charge is 2.40. The van der Waals surface area contributed by atoms with Crippen LogP contribution in [0.5, 0.6) is 23.0 Å². The zero-order valence-electron chi connectivity index (χ0n) is 19.0. The van der Waals surface area contributed by atoms with Gasteiger partial charge < -0.3 is 24.6 Å². The Morgan fingerprint density at radius 3 is 2.29 bits per heavy atom. The third kappa shape index (κ3) is 3.40. The second kappa shape index (κ2) is 8.33. The molecule has 0 radical (unpaired) electrons. The van der Waals surface area contributed by atoms with E-state index in [1.807, 2.05) is 18.2 Å². The van der Waals surface area contributed by atoms with Gasteiger partial charge in [0.2, 0.25) is 0 Å². The topological polar surface area (TPSA) is 126 Å². The number of carbonyl (C=O) groups excluding carboxylic acids is 1. The highest BCUT2D eigenvalue weighted by molar-refractivity contribution is 6.01. The van der Waals surface area contributed by atoms with Crippen LogP contribution in [0, 0.1) is 0 Å². The zero-order valence-corrected chi connectivity index (χ0v) is 19.0. The van der Waals surface area contributed by atoms with Crippen molar-refractivity contribution in [3.8, 4) is 23.0 Å². The minimum Gasteiger partial charge on any atom is -0.504 e. The molecule has 1 aliphatic carbocycles. The third-order valence-electron chi connectivity index (χ3n) is 6.59. The number of nitrogens with one attached hydrogen (secondary N) is 3. The Morgan fingerprint density at radius 2 is 1.56 bits per heavy atom. The minimum absolute atomic E-state index is 0.0129. The number of methoxy groups -OCH3 is 3. The Labute approximate surface area is 195 Å². The van der Waals surface area contributed by atoms with Crippen LogP contribution in [0.1, 0.15) is 41.4 Å². The van der Waals surface area contributed by atoms with Crippen molar-refractivity contribution in [2.45, 2.75) is 24.7 Å². The van der Waals surface area contributed by atoms with E-state index in [0.29, 0.717) is 46.9 Å². The lowest BCUT2D eigenvalue weighted by Crippen LogP contribution is -2.31. The van der Waals surface area contributed by atoms with Gasteiger partial charge in [-0.05, 0) is 47.7 Å². The molecule has 9 heteroatoms. The summed E-state index contributed by atoms with van der Waals surface area (Å²) in [5.74, 6) is 1.32. The predicted molar refractivity (Wildman–Crippen MR) is 125 cm³/mol. The number of aromatic nitrogens is 2. The molecule has 0 saturated carbocycles. The molecule has 176 valence electrons. The SMILES string of the molecule is COc1cc(C2C3=C(CC(c4ccc(OC)c(OC)c4)CC3=O)Nc3[nH][nH]c(=O)c32)ccc1O. The lowest BCUT2D eigenvalue weighted by Gasteiger charge is -2.34. The fourth-order valence-electron chi connectivity index (χ4n) is 4.97. The van der Waals surface area contributed by atoms with E-state index in [-0.39, 0.29) is 28.8 Å². The molecule has 1 aromatic heterocycles. The molecule has 0 bridgehead atoms.